The van der Waals surface area contributed by atoms with Crippen molar-refractivity contribution in [1.82, 2.24) is 30.1 Å². The summed E-state index contributed by atoms with van der Waals surface area (Å²) >= 11 is 0. The van der Waals surface area contributed by atoms with Gasteiger partial charge in [-0.05, 0) is 18.6 Å². The topological polar surface area (TPSA) is 131 Å². The van der Waals surface area contributed by atoms with Crippen LogP contribution in [0.15, 0.2) is 30.6 Å². The molecule has 192 valence electrons. The van der Waals surface area contributed by atoms with Crippen molar-refractivity contribution in [3.8, 4) is 22.8 Å². The second kappa shape index (κ2) is 9.16. The van der Waals surface area contributed by atoms with Crippen molar-refractivity contribution in [3.63, 3.8) is 0 Å². The van der Waals surface area contributed by atoms with Gasteiger partial charge >= 0.3 is 6.03 Å². The van der Waals surface area contributed by atoms with E-state index in [1.165, 1.54) is 22.0 Å². The molecule has 0 saturated carbocycles. The van der Waals surface area contributed by atoms with Crippen LogP contribution in [0, 0.1) is 29.1 Å². The summed E-state index contributed by atoms with van der Waals surface area (Å²) in [5.41, 5.74) is 7.79. The van der Waals surface area contributed by atoms with Gasteiger partial charge in [-0.25, -0.2) is 38.1 Å². The number of nitrogens with one attached hydrogen (secondary N) is 1. The number of anilines is 1. The first-order chi connectivity index (χ1) is 17.7. The molecule has 37 heavy (non-hydrogen) atoms. The SMILES string of the molecule is Nc1ncnc2c1c(-c1ccc(Oc3c(F)c(F)cc(F)c3F)cc1F)nn2[C@@H]1CCN(C(=O)NO)C1. The van der Waals surface area contributed by atoms with Crippen molar-refractivity contribution in [2.45, 2.75) is 12.5 Å². The Balaban J connectivity index is 1.54. The Hall–Kier alpha value is -4.53. The first-order valence-electron chi connectivity index (χ1n) is 10.7. The Labute approximate surface area is 204 Å². The predicted molar refractivity (Wildman–Crippen MR) is 117 cm³/mol. The van der Waals surface area contributed by atoms with Gasteiger partial charge in [-0.3, -0.25) is 5.21 Å². The lowest BCUT2D eigenvalue weighted by Gasteiger charge is -2.15. The molecule has 2 aromatic heterocycles. The smallest absolute Gasteiger partial charge is 0.341 e. The average Bonchev–Trinajstić information content (AvgIpc) is 3.51. The van der Waals surface area contributed by atoms with Crippen LogP contribution in [0.5, 0.6) is 11.5 Å². The van der Waals surface area contributed by atoms with E-state index in [1.807, 2.05) is 0 Å². The first kappa shape index (κ1) is 24.2. The van der Waals surface area contributed by atoms with Gasteiger partial charge in [-0.15, -0.1) is 0 Å². The predicted octanol–water partition coefficient (Wildman–Crippen LogP) is 3.91. The lowest BCUT2D eigenvalue weighted by molar-refractivity contribution is 0.135. The highest BCUT2D eigenvalue weighted by Gasteiger charge is 2.31. The zero-order chi connectivity index (χ0) is 26.4. The van der Waals surface area contributed by atoms with Crippen LogP contribution >= 0.6 is 0 Å². The molecule has 0 unspecified atom stereocenters. The molecule has 0 spiro atoms. The normalized spacial score (nSPS) is 15.4. The van der Waals surface area contributed by atoms with Crippen LogP contribution in [0.25, 0.3) is 22.3 Å². The van der Waals surface area contributed by atoms with E-state index < -0.39 is 46.6 Å². The van der Waals surface area contributed by atoms with Crippen LogP contribution in [0.1, 0.15) is 12.5 Å². The number of nitrogen functional groups attached to an aromatic ring is 1. The van der Waals surface area contributed by atoms with E-state index in [-0.39, 0.29) is 46.8 Å². The average molecular weight is 521 g/mol. The maximum atomic E-state index is 15.2. The molecule has 4 aromatic rings. The molecule has 1 saturated heterocycles. The van der Waals surface area contributed by atoms with Gasteiger partial charge in [-0.1, -0.05) is 0 Å². The van der Waals surface area contributed by atoms with Gasteiger partial charge in [0.15, 0.2) is 17.3 Å². The number of hydrogen-bond donors (Lipinski definition) is 3. The number of aromatic nitrogens is 4. The fraction of sp³-hybridized carbons (Fsp3) is 0.182. The lowest BCUT2D eigenvalue weighted by atomic mass is 10.1. The van der Waals surface area contributed by atoms with Gasteiger partial charge in [0.25, 0.3) is 0 Å². The number of hydroxylamine groups is 1. The number of urea groups is 1. The van der Waals surface area contributed by atoms with Gasteiger partial charge in [0.1, 0.15) is 29.4 Å². The summed E-state index contributed by atoms with van der Waals surface area (Å²) in [6.07, 6.45) is 1.64. The molecule has 0 radical (unpaired) electrons. The number of rotatable bonds is 4. The van der Waals surface area contributed by atoms with Gasteiger partial charge in [0, 0.05) is 30.8 Å². The second-order valence-corrected chi connectivity index (χ2v) is 8.10. The van der Waals surface area contributed by atoms with Crippen LogP contribution in [0.2, 0.25) is 0 Å². The third-order valence-electron chi connectivity index (χ3n) is 5.90. The van der Waals surface area contributed by atoms with E-state index in [0.717, 1.165) is 12.1 Å². The van der Waals surface area contributed by atoms with Crippen LogP contribution in [0.4, 0.5) is 32.6 Å². The summed E-state index contributed by atoms with van der Waals surface area (Å²) in [6.45, 7) is 0.478. The highest BCUT2D eigenvalue weighted by atomic mass is 19.2. The molecular formula is C22H16F5N7O3. The summed E-state index contributed by atoms with van der Waals surface area (Å²) in [4.78, 5) is 21.2. The van der Waals surface area contributed by atoms with Gasteiger partial charge in [0.2, 0.25) is 17.4 Å². The van der Waals surface area contributed by atoms with E-state index in [9.17, 15) is 22.4 Å². The lowest BCUT2D eigenvalue weighted by Crippen LogP contribution is -2.36. The number of ether oxygens (including phenoxy) is 1. The van der Waals surface area contributed by atoms with Gasteiger partial charge in [0.05, 0.1) is 11.4 Å². The molecular weight excluding hydrogens is 505 g/mol. The molecule has 1 atom stereocenters. The minimum Gasteiger partial charge on any atom is -0.451 e. The van der Waals surface area contributed by atoms with Gasteiger partial charge < -0.3 is 15.4 Å². The molecule has 2 amide bonds. The number of likely N-dealkylation sites (tertiary alicyclic amines) is 1. The molecule has 2 aromatic carbocycles. The molecule has 10 nitrogen and oxygen atoms in total. The molecule has 0 aliphatic carbocycles. The van der Waals surface area contributed by atoms with E-state index in [2.05, 4.69) is 15.1 Å². The summed E-state index contributed by atoms with van der Waals surface area (Å²) in [5, 5.41) is 13.6. The fourth-order valence-corrected chi connectivity index (χ4v) is 4.15. The van der Waals surface area contributed by atoms with Crippen molar-refractivity contribution >= 4 is 22.9 Å². The second-order valence-electron chi connectivity index (χ2n) is 8.10. The quantitative estimate of drug-likeness (QED) is 0.161. The zero-order valence-electron chi connectivity index (χ0n) is 18.6. The maximum Gasteiger partial charge on any atom is 0.341 e. The number of fused-ring (bicyclic) bond motifs is 1. The fourth-order valence-electron chi connectivity index (χ4n) is 4.15. The van der Waals surface area contributed by atoms with Crippen molar-refractivity contribution < 1.29 is 36.7 Å². The third kappa shape index (κ3) is 4.12. The molecule has 15 heteroatoms. The molecule has 1 fully saturated rings. The molecule has 0 bridgehead atoms. The van der Waals surface area contributed by atoms with Crippen molar-refractivity contribution in [1.29, 1.82) is 0 Å². The molecule has 1 aliphatic heterocycles. The Kier molecular flexibility index (Phi) is 5.99. The number of benzene rings is 2. The molecule has 3 heterocycles. The van der Waals surface area contributed by atoms with Crippen molar-refractivity contribution in [2.24, 2.45) is 0 Å². The van der Waals surface area contributed by atoms with Crippen LogP contribution in [-0.2, 0) is 0 Å². The highest BCUT2D eigenvalue weighted by Crippen LogP contribution is 2.37. The van der Waals surface area contributed by atoms with E-state index >= 15 is 4.39 Å². The number of nitrogens with zero attached hydrogens (tertiary/aromatic N) is 5. The Morgan fingerprint density at radius 3 is 2.49 bits per heavy atom. The van der Waals surface area contributed by atoms with E-state index in [0.29, 0.717) is 13.0 Å². The van der Waals surface area contributed by atoms with Crippen LogP contribution in [0.3, 0.4) is 0 Å². The number of hydrogen-bond acceptors (Lipinski definition) is 7. The van der Waals surface area contributed by atoms with E-state index in [4.69, 9.17) is 15.7 Å². The van der Waals surface area contributed by atoms with Crippen molar-refractivity contribution in [3.05, 3.63) is 59.7 Å². The van der Waals surface area contributed by atoms with Crippen LogP contribution in [-0.4, -0.2) is 49.0 Å². The van der Waals surface area contributed by atoms with E-state index in [1.54, 1.807) is 5.48 Å². The third-order valence-corrected chi connectivity index (χ3v) is 5.90. The number of carbonyl (C=O) groups is 1. The number of halogens is 5. The Morgan fingerprint density at radius 1 is 1.08 bits per heavy atom. The Bertz CT molecular complexity index is 1520. The summed E-state index contributed by atoms with van der Waals surface area (Å²) in [6, 6.07) is 1.99. The minimum absolute atomic E-state index is 0.00620. The summed E-state index contributed by atoms with van der Waals surface area (Å²) in [5.74, 6) is -9.70. The maximum absolute atomic E-state index is 15.2. The molecule has 5 rings (SSSR count). The standard InChI is InChI=1S/C22H16F5N7O3/c23-12-5-10(37-19-16(26)13(24)6-14(25)17(19)27)1-2-11(12)18-15-20(28)29-8-30-21(15)34(31-18)9-3-4-33(7-9)22(35)32-36/h1-2,5-6,8-9,36H,3-4,7H2,(H,32,35)(H2,28,29,30)/t9-/m1/s1. The van der Waals surface area contributed by atoms with Gasteiger partial charge in [-0.2, -0.15) is 13.9 Å². The van der Waals surface area contributed by atoms with Crippen LogP contribution < -0.4 is 16.0 Å². The molecule has 1 aliphatic rings. The summed E-state index contributed by atoms with van der Waals surface area (Å²) in [7, 11) is 0. The number of nitrogens with two attached hydrogens (primary N) is 1. The minimum atomic E-state index is -1.78. The number of amides is 2. The largest absolute Gasteiger partial charge is 0.451 e. The van der Waals surface area contributed by atoms with Crippen molar-refractivity contribution in [2.75, 3.05) is 18.8 Å². The first-order valence-corrected chi connectivity index (χ1v) is 10.7. The Morgan fingerprint density at radius 2 is 1.81 bits per heavy atom. The monoisotopic (exact) mass is 521 g/mol. The highest BCUT2D eigenvalue weighted by molar-refractivity contribution is 5.98. The summed E-state index contributed by atoms with van der Waals surface area (Å²) < 4.78 is 76.5. The zero-order valence-corrected chi connectivity index (χ0v) is 18.6. The number of carbonyl (C=O) groups excluding carboxylic acids is 1. The molecule has 4 N–H and O–H groups in total.